The molecule has 1 saturated carbocycles. The third kappa shape index (κ3) is 5.99. The van der Waals surface area contributed by atoms with E-state index in [2.05, 4.69) is 20.9 Å². The number of ether oxygens (including phenoxy) is 1. The molecule has 1 aromatic rings. The first-order valence-corrected chi connectivity index (χ1v) is 7.45. The number of rotatable bonds is 6. The molecule has 0 spiro atoms. The van der Waals surface area contributed by atoms with Gasteiger partial charge in [0.15, 0.2) is 5.96 Å². The number of para-hydroxylation sites is 1. The van der Waals surface area contributed by atoms with Gasteiger partial charge in [-0.1, -0.05) is 12.1 Å². The number of aliphatic hydroxyl groups is 1. The number of nitrogens with zero attached hydrogens (tertiary/aromatic N) is 2. The first-order chi connectivity index (χ1) is 9.58. The molecular formula is C14H21BrIN3O2. The molecule has 118 valence electrons. The van der Waals surface area contributed by atoms with Gasteiger partial charge >= 0.3 is 0 Å². The van der Waals surface area contributed by atoms with Crippen LogP contribution in [-0.4, -0.2) is 48.3 Å². The molecule has 21 heavy (non-hydrogen) atoms. The Hall–Kier alpha value is -0.540. The predicted molar refractivity (Wildman–Crippen MR) is 98.3 cm³/mol. The molecule has 3 N–H and O–H groups in total. The second kappa shape index (κ2) is 8.79. The monoisotopic (exact) mass is 469 g/mol. The summed E-state index contributed by atoms with van der Waals surface area (Å²) in [5.41, 5.74) is 5.85. The van der Waals surface area contributed by atoms with Gasteiger partial charge in [0.05, 0.1) is 11.0 Å². The highest BCUT2D eigenvalue weighted by Crippen LogP contribution is 2.25. The van der Waals surface area contributed by atoms with Crippen LogP contribution in [0, 0.1) is 0 Å². The number of nitrogens with two attached hydrogens (primary N) is 1. The van der Waals surface area contributed by atoms with Crippen LogP contribution in [0.4, 0.5) is 0 Å². The Morgan fingerprint density at radius 1 is 1.52 bits per heavy atom. The molecule has 1 unspecified atom stereocenters. The van der Waals surface area contributed by atoms with E-state index in [1.165, 1.54) is 12.8 Å². The molecule has 0 aliphatic heterocycles. The van der Waals surface area contributed by atoms with Crippen molar-refractivity contribution in [3.05, 3.63) is 28.7 Å². The van der Waals surface area contributed by atoms with Crippen molar-refractivity contribution in [2.45, 2.75) is 25.0 Å². The van der Waals surface area contributed by atoms with Crippen LogP contribution in [0.2, 0.25) is 0 Å². The lowest BCUT2D eigenvalue weighted by Gasteiger charge is -2.18. The van der Waals surface area contributed by atoms with E-state index in [0.29, 0.717) is 17.8 Å². The fraction of sp³-hybridized carbons (Fsp3) is 0.500. The van der Waals surface area contributed by atoms with Crippen molar-refractivity contribution >= 4 is 45.9 Å². The highest BCUT2D eigenvalue weighted by Gasteiger charge is 2.27. The van der Waals surface area contributed by atoms with Crippen LogP contribution in [0.25, 0.3) is 0 Å². The van der Waals surface area contributed by atoms with E-state index in [1.54, 1.807) is 0 Å². The summed E-state index contributed by atoms with van der Waals surface area (Å²) in [5.74, 6) is 1.19. The molecule has 1 atom stereocenters. The van der Waals surface area contributed by atoms with Crippen molar-refractivity contribution < 1.29 is 9.84 Å². The van der Waals surface area contributed by atoms with Gasteiger partial charge in [0.1, 0.15) is 18.5 Å². The number of hydrogen-bond donors (Lipinski definition) is 2. The minimum absolute atomic E-state index is 0. The summed E-state index contributed by atoms with van der Waals surface area (Å²) in [5, 5.41) is 9.86. The third-order valence-electron chi connectivity index (χ3n) is 3.19. The fourth-order valence-corrected chi connectivity index (χ4v) is 2.16. The minimum atomic E-state index is -0.673. The van der Waals surface area contributed by atoms with Crippen LogP contribution in [0.5, 0.6) is 5.75 Å². The molecular weight excluding hydrogens is 449 g/mol. The Morgan fingerprint density at radius 3 is 2.81 bits per heavy atom. The van der Waals surface area contributed by atoms with E-state index in [-0.39, 0.29) is 37.1 Å². The normalized spacial score (nSPS) is 16.0. The molecule has 0 bridgehead atoms. The van der Waals surface area contributed by atoms with Gasteiger partial charge in [-0.2, -0.15) is 0 Å². The van der Waals surface area contributed by atoms with Crippen LogP contribution in [-0.2, 0) is 0 Å². The van der Waals surface area contributed by atoms with Gasteiger partial charge in [-0.3, -0.25) is 4.99 Å². The molecule has 5 nitrogen and oxygen atoms in total. The zero-order chi connectivity index (χ0) is 14.5. The summed E-state index contributed by atoms with van der Waals surface area (Å²) in [7, 11) is 1.93. The number of guanidine groups is 1. The largest absolute Gasteiger partial charge is 0.490 e. The summed E-state index contributed by atoms with van der Waals surface area (Å²) in [4.78, 5) is 6.16. The van der Waals surface area contributed by atoms with Gasteiger partial charge in [-0.05, 0) is 40.9 Å². The molecule has 1 aromatic carbocycles. The average molecular weight is 470 g/mol. The fourth-order valence-electron chi connectivity index (χ4n) is 1.76. The highest BCUT2D eigenvalue weighted by molar-refractivity contribution is 14.0. The lowest BCUT2D eigenvalue weighted by Crippen LogP contribution is -2.36. The van der Waals surface area contributed by atoms with Gasteiger partial charge < -0.3 is 20.5 Å². The van der Waals surface area contributed by atoms with Crippen LogP contribution in [0.15, 0.2) is 33.7 Å². The second-order valence-corrected chi connectivity index (χ2v) is 5.79. The molecule has 0 heterocycles. The maximum atomic E-state index is 9.86. The maximum Gasteiger partial charge on any atom is 0.191 e. The van der Waals surface area contributed by atoms with Crippen LogP contribution in [0.3, 0.4) is 0 Å². The molecule has 1 aliphatic carbocycles. The maximum absolute atomic E-state index is 9.86. The molecule has 0 radical (unpaired) electrons. The van der Waals surface area contributed by atoms with E-state index in [9.17, 15) is 5.11 Å². The Bertz CT molecular complexity index is 483. The predicted octanol–water partition coefficient (Wildman–Crippen LogP) is 2.22. The summed E-state index contributed by atoms with van der Waals surface area (Å²) >= 11 is 3.39. The number of halogens is 2. The smallest absolute Gasteiger partial charge is 0.191 e. The zero-order valence-corrected chi connectivity index (χ0v) is 15.8. The number of benzene rings is 1. The van der Waals surface area contributed by atoms with Gasteiger partial charge in [0, 0.05) is 13.1 Å². The summed E-state index contributed by atoms with van der Waals surface area (Å²) in [6, 6.07) is 8.05. The SMILES string of the molecule is CN(C(N)=NCC(O)COc1ccccc1Br)C1CC1.I. The lowest BCUT2D eigenvalue weighted by molar-refractivity contribution is 0.114. The van der Waals surface area contributed by atoms with Crippen molar-refractivity contribution in [3.8, 4) is 5.75 Å². The quantitative estimate of drug-likeness (QED) is 0.380. The molecule has 1 fully saturated rings. The van der Waals surface area contributed by atoms with Gasteiger partial charge in [0.2, 0.25) is 0 Å². The van der Waals surface area contributed by atoms with E-state index >= 15 is 0 Å². The topological polar surface area (TPSA) is 71.1 Å². The highest BCUT2D eigenvalue weighted by atomic mass is 127. The molecule has 7 heteroatoms. The third-order valence-corrected chi connectivity index (χ3v) is 3.84. The molecule has 1 aliphatic rings. The van der Waals surface area contributed by atoms with Crippen LogP contribution >= 0.6 is 39.9 Å². The Kier molecular flexibility index (Phi) is 7.75. The first-order valence-electron chi connectivity index (χ1n) is 6.66. The van der Waals surface area contributed by atoms with Crippen molar-refractivity contribution in [2.75, 3.05) is 20.2 Å². The second-order valence-electron chi connectivity index (χ2n) is 4.94. The lowest BCUT2D eigenvalue weighted by atomic mass is 10.3. The zero-order valence-electron chi connectivity index (χ0n) is 11.9. The Morgan fingerprint density at radius 2 is 2.19 bits per heavy atom. The van der Waals surface area contributed by atoms with Crippen LogP contribution in [0.1, 0.15) is 12.8 Å². The summed E-state index contributed by atoms with van der Waals surface area (Å²) in [6.45, 7) is 0.430. The van der Waals surface area contributed by atoms with Crippen molar-refractivity contribution in [2.24, 2.45) is 10.7 Å². The van der Waals surface area contributed by atoms with Gasteiger partial charge in [-0.25, -0.2) is 0 Å². The van der Waals surface area contributed by atoms with Crippen molar-refractivity contribution in [1.29, 1.82) is 0 Å². The molecule has 0 saturated heterocycles. The molecule has 0 amide bonds. The minimum Gasteiger partial charge on any atom is -0.490 e. The average Bonchev–Trinajstić information content (AvgIpc) is 3.27. The number of hydrogen-bond acceptors (Lipinski definition) is 3. The Labute approximate surface area is 150 Å². The van der Waals surface area contributed by atoms with Crippen molar-refractivity contribution in [1.82, 2.24) is 4.90 Å². The first kappa shape index (κ1) is 18.5. The van der Waals surface area contributed by atoms with E-state index < -0.39 is 6.10 Å². The van der Waals surface area contributed by atoms with Gasteiger partial charge in [0.25, 0.3) is 0 Å². The van der Waals surface area contributed by atoms with Crippen molar-refractivity contribution in [3.63, 3.8) is 0 Å². The number of aliphatic imine (C=N–C) groups is 1. The molecule has 0 aromatic heterocycles. The standard InChI is InChI=1S/C14H20BrN3O2.HI/c1-18(10-6-7-10)14(16)17-8-11(19)9-20-13-5-3-2-4-12(13)15;/h2-5,10-11,19H,6-9H2,1H3,(H2,16,17);1H. The Balaban J connectivity index is 0.00000220. The summed E-state index contributed by atoms with van der Waals surface area (Å²) < 4.78 is 6.40. The van der Waals surface area contributed by atoms with E-state index in [0.717, 1.165) is 4.47 Å². The number of aliphatic hydroxyl groups excluding tert-OH is 1. The van der Waals surface area contributed by atoms with Crippen LogP contribution < -0.4 is 10.5 Å². The van der Waals surface area contributed by atoms with E-state index in [4.69, 9.17) is 10.5 Å². The summed E-state index contributed by atoms with van der Waals surface area (Å²) in [6.07, 6.45) is 1.66. The molecule has 2 rings (SSSR count). The van der Waals surface area contributed by atoms with E-state index in [1.807, 2.05) is 36.2 Å². The van der Waals surface area contributed by atoms with Gasteiger partial charge in [-0.15, -0.1) is 24.0 Å².